The predicted octanol–water partition coefficient (Wildman–Crippen LogP) is 0.718. The van der Waals surface area contributed by atoms with E-state index in [0.29, 0.717) is 26.1 Å². The van der Waals surface area contributed by atoms with E-state index in [2.05, 4.69) is 10.6 Å². The largest absolute Gasteiger partial charge is 0.370 e. The van der Waals surface area contributed by atoms with Crippen molar-refractivity contribution in [3.63, 3.8) is 0 Å². The number of carbonyl (C=O) groups excluding carboxylic acids is 2. The lowest BCUT2D eigenvalue weighted by atomic mass is 9.83. The SMILES string of the molecule is Cl.Cl.N=C(N)NCCCCNC(=O)[C@@H]1CCN1C(=O)[C@H](N)C1CCCCC1. The summed E-state index contributed by atoms with van der Waals surface area (Å²) in [5.74, 6) is 0.0697. The van der Waals surface area contributed by atoms with Crippen molar-refractivity contribution in [3.8, 4) is 0 Å². The second-order valence-corrected chi connectivity index (χ2v) is 7.10. The van der Waals surface area contributed by atoms with Crippen molar-refractivity contribution in [2.45, 2.75) is 63.5 Å². The van der Waals surface area contributed by atoms with Crippen molar-refractivity contribution in [1.29, 1.82) is 5.41 Å². The van der Waals surface area contributed by atoms with Gasteiger partial charge in [0.2, 0.25) is 11.8 Å². The van der Waals surface area contributed by atoms with Crippen LogP contribution in [0.4, 0.5) is 0 Å². The summed E-state index contributed by atoms with van der Waals surface area (Å²) in [7, 11) is 0. The molecule has 2 atom stereocenters. The Bertz CT molecular complexity index is 488. The highest BCUT2D eigenvalue weighted by molar-refractivity contribution is 5.91. The zero-order chi connectivity index (χ0) is 18.2. The summed E-state index contributed by atoms with van der Waals surface area (Å²) in [6.45, 7) is 1.81. The molecule has 2 aliphatic rings. The van der Waals surface area contributed by atoms with E-state index in [9.17, 15) is 9.59 Å². The molecule has 2 amide bonds. The molecule has 0 aromatic carbocycles. The Morgan fingerprint density at radius 1 is 1.04 bits per heavy atom. The predicted molar refractivity (Wildman–Crippen MR) is 111 cm³/mol. The van der Waals surface area contributed by atoms with E-state index in [0.717, 1.165) is 38.5 Å². The number of nitrogens with two attached hydrogens (primary N) is 2. The molecule has 0 radical (unpaired) electrons. The Morgan fingerprint density at radius 3 is 2.15 bits per heavy atom. The minimum Gasteiger partial charge on any atom is -0.370 e. The number of nitrogens with zero attached hydrogens (tertiary/aromatic N) is 1. The Balaban J connectivity index is 0.00000338. The molecule has 1 saturated heterocycles. The zero-order valence-electron chi connectivity index (χ0n) is 15.7. The van der Waals surface area contributed by atoms with E-state index in [1.165, 1.54) is 6.42 Å². The molecule has 27 heavy (non-hydrogen) atoms. The summed E-state index contributed by atoms with van der Waals surface area (Å²) < 4.78 is 0. The fourth-order valence-electron chi connectivity index (χ4n) is 3.61. The van der Waals surface area contributed by atoms with Gasteiger partial charge in [0.05, 0.1) is 6.04 Å². The highest BCUT2D eigenvalue weighted by Gasteiger charge is 2.40. The number of halogens is 2. The second kappa shape index (κ2) is 13.0. The summed E-state index contributed by atoms with van der Waals surface area (Å²) in [4.78, 5) is 26.5. The Kier molecular flexibility index (Phi) is 12.4. The summed E-state index contributed by atoms with van der Waals surface area (Å²) in [6, 6.07) is -0.828. The molecule has 1 saturated carbocycles. The number of carbonyl (C=O) groups is 2. The minimum absolute atomic E-state index is 0. The molecule has 0 unspecified atom stereocenters. The first-order valence-corrected chi connectivity index (χ1v) is 9.42. The van der Waals surface area contributed by atoms with E-state index in [1.54, 1.807) is 4.90 Å². The minimum atomic E-state index is -0.464. The molecule has 0 aromatic rings. The monoisotopic (exact) mass is 424 g/mol. The van der Waals surface area contributed by atoms with Crippen LogP contribution < -0.4 is 22.1 Å². The van der Waals surface area contributed by atoms with Gasteiger partial charge in [-0.3, -0.25) is 15.0 Å². The fraction of sp³-hybridized carbons (Fsp3) is 0.824. The maximum Gasteiger partial charge on any atom is 0.242 e. The van der Waals surface area contributed by atoms with Gasteiger partial charge in [0, 0.05) is 19.6 Å². The van der Waals surface area contributed by atoms with Crippen LogP contribution in [0.2, 0.25) is 0 Å². The molecular formula is C17H34Cl2N6O2. The topological polar surface area (TPSA) is 137 Å². The van der Waals surface area contributed by atoms with E-state index in [1.807, 2.05) is 0 Å². The van der Waals surface area contributed by atoms with Crippen molar-refractivity contribution in [1.82, 2.24) is 15.5 Å². The third-order valence-corrected chi connectivity index (χ3v) is 5.27. The molecule has 0 aromatic heterocycles. The lowest BCUT2D eigenvalue weighted by Crippen LogP contribution is -2.62. The van der Waals surface area contributed by atoms with Gasteiger partial charge < -0.3 is 27.0 Å². The van der Waals surface area contributed by atoms with Crippen molar-refractivity contribution in [2.24, 2.45) is 17.4 Å². The van der Waals surface area contributed by atoms with Gasteiger partial charge in [0.1, 0.15) is 6.04 Å². The van der Waals surface area contributed by atoms with Gasteiger partial charge in [-0.15, -0.1) is 24.8 Å². The average molecular weight is 425 g/mol. The van der Waals surface area contributed by atoms with E-state index < -0.39 is 6.04 Å². The number of hydrogen-bond acceptors (Lipinski definition) is 4. The van der Waals surface area contributed by atoms with Crippen molar-refractivity contribution in [2.75, 3.05) is 19.6 Å². The number of nitrogens with one attached hydrogen (secondary N) is 3. The summed E-state index contributed by atoms with van der Waals surface area (Å²) >= 11 is 0. The molecule has 1 heterocycles. The molecule has 2 rings (SSSR count). The van der Waals surface area contributed by atoms with Crippen LogP contribution in [0, 0.1) is 11.3 Å². The first-order chi connectivity index (χ1) is 12.0. The van der Waals surface area contributed by atoms with Gasteiger partial charge in [0.15, 0.2) is 5.96 Å². The van der Waals surface area contributed by atoms with Gasteiger partial charge in [-0.1, -0.05) is 19.3 Å². The Labute approximate surface area is 173 Å². The van der Waals surface area contributed by atoms with Crippen LogP contribution in [0.5, 0.6) is 0 Å². The summed E-state index contributed by atoms with van der Waals surface area (Å²) in [5, 5.41) is 12.7. The van der Waals surface area contributed by atoms with E-state index in [-0.39, 0.29) is 54.5 Å². The van der Waals surface area contributed by atoms with E-state index >= 15 is 0 Å². The zero-order valence-corrected chi connectivity index (χ0v) is 17.4. The normalized spacial score (nSPS) is 20.3. The van der Waals surface area contributed by atoms with Gasteiger partial charge in [0.25, 0.3) is 0 Å². The van der Waals surface area contributed by atoms with Gasteiger partial charge in [-0.2, -0.15) is 0 Å². The van der Waals surface area contributed by atoms with E-state index in [4.69, 9.17) is 16.9 Å². The summed E-state index contributed by atoms with van der Waals surface area (Å²) in [5.41, 5.74) is 11.4. The first-order valence-electron chi connectivity index (χ1n) is 9.42. The van der Waals surface area contributed by atoms with Crippen molar-refractivity contribution in [3.05, 3.63) is 0 Å². The molecule has 0 spiro atoms. The first kappa shape index (κ1) is 25.8. The molecule has 2 fully saturated rings. The van der Waals surface area contributed by atoms with Crippen LogP contribution in [0.3, 0.4) is 0 Å². The fourth-order valence-corrected chi connectivity index (χ4v) is 3.61. The van der Waals surface area contributed by atoms with Crippen LogP contribution in [0.1, 0.15) is 51.4 Å². The molecule has 0 bridgehead atoms. The molecule has 10 heteroatoms. The van der Waals surface area contributed by atoms with Gasteiger partial charge >= 0.3 is 0 Å². The molecular weight excluding hydrogens is 391 g/mol. The van der Waals surface area contributed by atoms with Crippen LogP contribution in [-0.4, -0.2) is 54.4 Å². The van der Waals surface area contributed by atoms with Crippen LogP contribution in [0.15, 0.2) is 0 Å². The van der Waals surface area contributed by atoms with Crippen LogP contribution in [0.25, 0.3) is 0 Å². The third-order valence-electron chi connectivity index (χ3n) is 5.27. The number of guanidine groups is 1. The standard InChI is InChI=1S/C17H32N6O2.2ClH/c18-14(12-6-2-1-3-7-12)16(25)23-11-8-13(23)15(24)21-9-4-5-10-22-17(19)20;;/h12-14H,1-11,18H2,(H,21,24)(H4,19,20,22);2*1H/t13-,14+;;/m0../s1. The molecule has 158 valence electrons. The van der Waals surface area contributed by atoms with Crippen molar-refractivity contribution >= 4 is 42.6 Å². The quantitative estimate of drug-likeness (QED) is 0.222. The van der Waals surface area contributed by atoms with Crippen molar-refractivity contribution < 1.29 is 9.59 Å². The number of unbranched alkanes of at least 4 members (excludes halogenated alkanes) is 1. The molecule has 1 aliphatic carbocycles. The summed E-state index contributed by atoms with van der Waals surface area (Å²) in [6.07, 6.45) is 7.89. The lowest BCUT2D eigenvalue weighted by molar-refractivity contribution is -0.149. The smallest absolute Gasteiger partial charge is 0.242 e. The number of amides is 2. The lowest BCUT2D eigenvalue weighted by Gasteiger charge is -2.42. The van der Waals surface area contributed by atoms with Gasteiger partial charge in [-0.05, 0) is 38.0 Å². The highest BCUT2D eigenvalue weighted by atomic mass is 35.5. The molecule has 8 nitrogen and oxygen atoms in total. The maximum absolute atomic E-state index is 12.6. The average Bonchev–Trinajstić information content (AvgIpc) is 2.56. The Morgan fingerprint density at radius 2 is 1.63 bits per heavy atom. The molecule has 7 N–H and O–H groups in total. The second-order valence-electron chi connectivity index (χ2n) is 7.10. The number of rotatable bonds is 8. The Hall–Kier alpha value is -1.25. The number of hydrogen-bond donors (Lipinski definition) is 5. The third kappa shape index (κ3) is 7.71. The highest BCUT2D eigenvalue weighted by Crippen LogP contribution is 2.28. The van der Waals surface area contributed by atoms with Gasteiger partial charge in [-0.25, -0.2) is 0 Å². The maximum atomic E-state index is 12.6. The number of likely N-dealkylation sites (tertiary alicyclic amines) is 1. The van der Waals surface area contributed by atoms with Crippen LogP contribution >= 0.6 is 24.8 Å². The molecule has 1 aliphatic heterocycles. The van der Waals surface area contributed by atoms with Crippen LogP contribution in [-0.2, 0) is 9.59 Å².